The van der Waals surface area contributed by atoms with Crippen LogP contribution < -0.4 is 15.4 Å². The van der Waals surface area contributed by atoms with Crippen molar-refractivity contribution in [2.75, 3.05) is 31.8 Å². The minimum atomic E-state index is -4.47. The molecule has 0 fully saturated rings. The number of oxazole rings is 1. The number of hydrogen-bond donors (Lipinski definition) is 2. The Morgan fingerprint density at radius 2 is 1.90 bits per heavy atom. The normalized spacial score (nSPS) is 12.9. The Hall–Kier alpha value is -5.17. The van der Waals surface area contributed by atoms with E-state index in [1.165, 1.54) is 30.9 Å². The average molecular weight is 673 g/mol. The van der Waals surface area contributed by atoms with Crippen molar-refractivity contribution >= 4 is 36.3 Å². The van der Waals surface area contributed by atoms with Crippen LogP contribution in [0.3, 0.4) is 0 Å². The lowest BCUT2D eigenvalue weighted by atomic mass is 9.91. The maximum absolute atomic E-state index is 13.9. The fraction of sp³-hybridized carbons (Fsp3) is 0.250. The maximum atomic E-state index is 13.9. The molecular formula is C36H31F3N4O4S. The Morgan fingerprint density at radius 3 is 2.60 bits per heavy atom. The largest absolute Gasteiger partial charge is 0.495 e. The molecule has 1 aliphatic rings. The van der Waals surface area contributed by atoms with Crippen molar-refractivity contribution in [1.82, 2.24) is 14.9 Å². The zero-order chi connectivity index (χ0) is 34.1. The highest BCUT2D eigenvalue weighted by molar-refractivity contribution is 8.27. The minimum absolute atomic E-state index is 0.0432. The molecule has 6 rings (SSSR count). The first-order valence-electron chi connectivity index (χ1n) is 15.0. The zero-order valence-corrected chi connectivity index (χ0v) is 27.2. The van der Waals surface area contributed by atoms with Gasteiger partial charge in [-0.1, -0.05) is 30.0 Å². The number of hydrogen-bond acceptors (Lipinski definition) is 7. The Labute approximate surface area is 275 Å². The van der Waals surface area contributed by atoms with Gasteiger partial charge in [-0.05, 0) is 81.0 Å². The van der Waals surface area contributed by atoms with Crippen LogP contribution in [0.25, 0.3) is 33.4 Å². The summed E-state index contributed by atoms with van der Waals surface area (Å²) in [5, 5.41) is 10.6. The summed E-state index contributed by atoms with van der Waals surface area (Å²) in [6.07, 6.45) is -0.363. The average Bonchev–Trinajstić information content (AvgIpc) is 3.72. The second kappa shape index (κ2) is 13.1. The molecule has 0 saturated heterocycles. The third-order valence-corrected chi connectivity index (χ3v) is 10.4. The van der Waals surface area contributed by atoms with Gasteiger partial charge < -0.3 is 24.4 Å². The molecule has 3 heterocycles. The van der Waals surface area contributed by atoms with Crippen LogP contribution in [0.15, 0.2) is 70.4 Å². The summed E-state index contributed by atoms with van der Waals surface area (Å²) in [7, 11) is 0.526. The van der Waals surface area contributed by atoms with Gasteiger partial charge in [0.2, 0.25) is 0 Å². The van der Waals surface area contributed by atoms with E-state index in [1.54, 1.807) is 46.5 Å². The number of anilines is 1. The molecule has 0 spiro atoms. The number of methoxy groups -OCH3 is 1. The molecule has 48 heavy (non-hydrogen) atoms. The molecule has 0 unspecified atom stereocenters. The van der Waals surface area contributed by atoms with Crippen molar-refractivity contribution in [3.8, 4) is 40.0 Å². The lowest BCUT2D eigenvalue weighted by Crippen LogP contribution is -2.23. The monoisotopic (exact) mass is 672 g/mol. The number of ether oxygens (including phenoxy) is 1. The number of rotatable bonds is 7. The van der Waals surface area contributed by atoms with Crippen molar-refractivity contribution in [2.45, 2.75) is 30.5 Å². The molecule has 0 radical (unpaired) electrons. The summed E-state index contributed by atoms with van der Waals surface area (Å²) in [5.41, 5.74) is 6.32. The number of aromatic nitrogens is 2. The van der Waals surface area contributed by atoms with Crippen molar-refractivity contribution in [3.05, 3.63) is 83.5 Å². The second-order valence-electron chi connectivity index (χ2n) is 11.5. The van der Waals surface area contributed by atoms with Crippen molar-refractivity contribution in [3.63, 3.8) is 0 Å². The number of carbonyl (C=O) groups excluding carboxylic acids is 2. The molecule has 0 saturated carbocycles. The van der Waals surface area contributed by atoms with E-state index in [1.807, 2.05) is 18.2 Å². The topological polar surface area (TPSA) is 98.4 Å². The Balaban J connectivity index is 1.43. The van der Waals surface area contributed by atoms with Crippen molar-refractivity contribution in [2.24, 2.45) is 7.05 Å². The van der Waals surface area contributed by atoms with Gasteiger partial charge in [0.05, 0.1) is 37.5 Å². The molecule has 0 amide bonds. The van der Waals surface area contributed by atoms with E-state index >= 15 is 0 Å². The van der Waals surface area contributed by atoms with Crippen molar-refractivity contribution in [1.29, 1.82) is 0 Å². The van der Waals surface area contributed by atoms with Gasteiger partial charge in [0.1, 0.15) is 5.75 Å². The summed E-state index contributed by atoms with van der Waals surface area (Å²) in [5.74, 6) is 6.84. The molecular weight excluding hydrogens is 641 g/mol. The second-order valence-corrected chi connectivity index (χ2v) is 14.1. The van der Waals surface area contributed by atoms with Crippen molar-refractivity contribution < 1.29 is 31.9 Å². The minimum Gasteiger partial charge on any atom is -0.495 e. The van der Waals surface area contributed by atoms with Gasteiger partial charge in [-0.15, -0.1) is 0 Å². The Morgan fingerprint density at radius 1 is 1.08 bits per heavy atom. The van der Waals surface area contributed by atoms with E-state index < -0.39 is 21.8 Å². The third-order valence-electron chi connectivity index (χ3n) is 8.49. The Bertz CT molecular complexity index is 2260. The van der Waals surface area contributed by atoms with Crippen LogP contribution in [-0.4, -0.2) is 52.6 Å². The van der Waals surface area contributed by atoms with Gasteiger partial charge >= 0.3 is 6.18 Å². The summed E-state index contributed by atoms with van der Waals surface area (Å²) >= 11 is 0. The number of halogens is 3. The number of fused-ring (bicyclic) bond motifs is 2. The molecule has 8 nitrogen and oxygen atoms in total. The number of nitrogens with zero attached hydrogens (tertiary/aromatic N) is 2. The standard InChI is InChI=1S/C36H31F3N4O4S/c1-43-32-16-28(24-6-7-25-18-40-12-10-23(25)13-24)30(35-19-41-20-47-35)15-29(32)27(33(43)17-36(37,38)39)5-4-11-42-31-9-8-26(14-34(31)46-2)48(3,21-44)22-45/h6-9,13-16,19-20,40,42H,10-12,17-18H2,1-3H3. The van der Waals surface area contributed by atoms with Gasteiger partial charge in [-0.3, -0.25) is 0 Å². The smallest absolute Gasteiger partial charge is 0.394 e. The fourth-order valence-electron chi connectivity index (χ4n) is 5.96. The number of alkyl halides is 3. The van der Waals surface area contributed by atoms with Crippen LogP contribution in [0.4, 0.5) is 18.9 Å². The fourth-order valence-corrected chi connectivity index (χ4v) is 6.87. The van der Waals surface area contributed by atoms with Gasteiger partial charge in [0, 0.05) is 40.6 Å². The zero-order valence-electron chi connectivity index (χ0n) is 26.4. The van der Waals surface area contributed by atoms with Crippen LogP contribution in [0, 0.1) is 11.8 Å². The molecule has 246 valence electrons. The molecule has 2 aromatic heterocycles. The molecule has 12 heteroatoms. The summed E-state index contributed by atoms with van der Waals surface area (Å²) in [6.45, 7) is 1.73. The molecule has 5 aromatic rings. The number of benzene rings is 3. The highest BCUT2D eigenvalue weighted by Gasteiger charge is 2.32. The molecule has 1 aliphatic heterocycles. The SMILES string of the molecule is COc1cc(S(C)(=C=O)=C=O)ccc1NCC#Cc1c(CC(F)(F)F)n(C)c2cc(-c3ccc4c(c3)CCNC4)c(-c3cnco3)cc12. The van der Waals surface area contributed by atoms with E-state index in [4.69, 9.17) is 9.15 Å². The van der Waals surface area contributed by atoms with Gasteiger partial charge in [0.25, 0.3) is 0 Å². The van der Waals surface area contributed by atoms with Crippen LogP contribution in [-0.2, 0) is 36.0 Å². The molecule has 0 aliphatic carbocycles. The van der Waals surface area contributed by atoms with Crippen LogP contribution >= 0.6 is 9.21 Å². The van der Waals surface area contributed by atoms with E-state index in [9.17, 15) is 22.8 Å². The van der Waals surface area contributed by atoms with Crippen LogP contribution in [0.5, 0.6) is 5.75 Å². The number of nitrogens with one attached hydrogen (secondary N) is 2. The molecule has 0 bridgehead atoms. The summed E-state index contributed by atoms with van der Waals surface area (Å²) in [4.78, 5) is 27.4. The van der Waals surface area contributed by atoms with Crippen LogP contribution in [0.1, 0.15) is 22.4 Å². The Kier molecular flexibility index (Phi) is 8.97. The van der Waals surface area contributed by atoms with Gasteiger partial charge in [-0.25, -0.2) is 14.6 Å². The first kappa shape index (κ1) is 32.8. The van der Waals surface area contributed by atoms with Crippen LogP contribution in [0.2, 0.25) is 0 Å². The van der Waals surface area contributed by atoms with E-state index in [0.717, 1.165) is 30.6 Å². The predicted octanol–water partition coefficient (Wildman–Crippen LogP) is 6.65. The van der Waals surface area contributed by atoms with Gasteiger partial charge in [0.15, 0.2) is 22.6 Å². The first-order valence-corrected chi connectivity index (χ1v) is 17.0. The van der Waals surface area contributed by atoms with E-state index in [2.05, 4.69) is 39.6 Å². The maximum Gasteiger partial charge on any atom is 0.394 e. The van der Waals surface area contributed by atoms with E-state index in [0.29, 0.717) is 38.6 Å². The molecule has 0 atom stereocenters. The van der Waals surface area contributed by atoms with E-state index in [-0.39, 0.29) is 17.8 Å². The predicted molar refractivity (Wildman–Crippen MR) is 181 cm³/mol. The quantitative estimate of drug-likeness (QED) is 0.148. The lowest BCUT2D eigenvalue weighted by molar-refractivity contribution is -0.128. The highest BCUT2D eigenvalue weighted by atomic mass is 32.2. The first-order chi connectivity index (χ1) is 23.0. The summed E-state index contributed by atoms with van der Waals surface area (Å²) < 4.78 is 54.5. The molecule has 2 N–H and O–H groups in total. The van der Waals surface area contributed by atoms with Gasteiger partial charge in [-0.2, -0.15) is 13.2 Å². The summed E-state index contributed by atoms with van der Waals surface area (Å²) in [6, 6.07) is 14.8. The third kappa shape index (κ3) is 6.37. The lowest BCUT2D eigenvalue weighted by Gasteiger charge is -2.19. The highest BCUT2D eigenvalue weighted by Crippen LogP contribution is 2.40. The number of aryl methyl sites for hydroxylation is 1. The molecule has 3 aromatic carbocycles.